The lowest BCUT2D eigenvalue weighted by molar-refractivity contribution is 0.100. The van der Waals surface area contributed by atoms with Crippen LogP contribution in [0.4, 0.5) is 14.9 Å². The molecule has 1 fully saturated rings. The highest BCUT2D eigenvalue weighted by Gasteiger charge is 2.26. The number of para-hydroxylation sites is 1. The lowest BCUT2D eigenvalue weighted by atomic mass is 10.1. The van der Waals surface area contributed by atoms with Gasteiger partial charge in [-0.05, 0) is 43.5 Å². The van der Waals surface area contributed by atoms with Crippen LogP contribution in [0.15, 0.2) is 42.6 Å². The van der Waals surface area contributed by atoms with Crippen molar-refractivity contribution in [2.45, 2.75) is 25.8 Å². The van der Waals surface area contributed by atoms with Crippen molar-refractivity contribution < 1.29 is 14.0 Å². The van der Waals surface area contributed by atoms with E-state index in [9.17, 15) is 14.0 Å². The molecule has 6 nitrogen and oxygen atoms in total. The van der Waals surface area contributed by atoms with Crippen LogP contribution in [0.3, 0.4) is 0 Å². The van der Waals surface area contributed by atoms with Crippen LogP contribution in [0.1, 0.15) is 35.3 Å². The number of amides is 2. The number of Topliss-reactive ketones (excluding diaryl/α,β-unsaturated/α-hetero) is 1. The lowest BCUT2D eigenvalue weighted by Gasteiger charge is -2.33. The third-order valence-corrected chi connectivity index (χ3v) is 4.65. The molecule has 0 atom stereocenters. The molecule has 1 saturated heterocycles. The van der Waals surface area contributed by atoms with Crippen LogP contribution in [0.5, 0.6) is 0 Å². The van der Waals surface area contributed by atoms with Crippen LogP contribution < -0.4 is 10.6 Å². The molecule has 142 valence electrons. The van der Waals surface area contributed by atoms with Gasteiger partial charge in [-0.15, -0.1) is 0 Å². The van der Waals surface area contributed by atoms with Crippen LogP contribution in [-0.4, -0.2) is 41.3 Å². The Bertz CT molecular complexity index is 804. The third-order valence-electron chi connectivity index (χ3n) is 4.65. The number of pyridine rings is 1. The molecule has 1 aliphatic rings. The van der Waals surface area contributed by atoms with Crippen LogP contribution in [0, 0.1) is 5.82 Å². The van der Waals surface area contributed by atoms with E-state index in [1.54, 1.807) is 35.2 Å². The van der Waals surface area contributed by atoms with Gasteiger partial charge < -0.3 is 10.6 Å². The maximum atomic E-state index is 14.4. The first-order valence-corrected chi connectivity index (χ1v) is 9.09. The van der Waals surface area contributed by atoms with Crippen molar-refractivity contribution in [3.8, 4) is 0 Å². The number of anilines is 1. The van der Waals surface area contributed by atoms with Gasteiger partial charge in [0.05, 0.1) is 24.5 Å². The minimum absolute atomic E-state index is 0.0875. The molecule has 2 aromatic rings. The van der Waals surface area contributed by atoms with Crippen molar-refractivity contribution in [1.82, 2.24) is 9.88 Å². The number of piperidine rings is 1. The summed E-state index contributed by atoms with van der Waals surface area (Å²) in [4.78, 5) is 32.1. The zero-order valence-corrected chi connectivity index (χ0v) is 15.1. The maximum absolute atomic E-state index is 14.4. The third kappa shape index (κ3) is 4.49. The second-order valence-electron chi connectivity index (χ2n) is 6.53. The van der Waals surface area contributed by atoms with Gasteiger partial charge in [-0.25, -0.2) is 9.18 Å². The fraction of sp³-hybridized carbons (Fsp3) is 0.350. The smallest absolute Gasteiger partial charge is 0.324 e. The predicted octanol–water partition coefficient (Wildman–Crippen LogP) is 2.97. The van der Waals surface area contributed by atoms with Gasteiger partial charge >= 0.3 is 6.03 Å². The summed E-state index contributed by atoms with van der Waals surface area (Å²) in [6, 6.07) is 9.27. The summed E-state index contributed by atoms with van der Waals surface area (Å²) < 4.78 is 14.4. The van der Waals surface area contributed by atoms with Gasteiger partial charge in [0, 0.05) is 24.8 Å². The number of hydrogen-bond acceptors (Lipinski definition) is 4. The number of hydrogen-bond donors (Lipinski definition) is 1. The minimum atomic E-state index is -0.460. The van der Waals surface area contributed by atoms with Crippen molar-refractivity contribution in [2.75, 3.05) is 24.5 Å². The van der Waals surface area contributed by atoms with Gasteiger partial charge in [-0.3, -0.25) is 14.7 Å². The van der Waals surface area contributed by atoms with Gasteiger partial charge in [0.15, 0.2) is 5.78 Å². The monoisotopic (exact) mass is 370 g/mol. The predicted molar refractivity (Wildman–Crippen MR) is 101 cm³/mol. The number of carbonyl (C=O) groups excluding carboxylic acids is 2. The minimum Gasteiger partial charge on any atom is -0.324 e. The summed E-state index contributed by atoms with van der Waals surface area (Å²) in [6.07, 6.45) is 4.44. The molecule has 3 rings (SSSR count). The van der Waals surface area contributed by atoms with Crippen molar-refractivity contribution in [2.24, 2.45) is 5.73 Å². The molecule has 0 radical (unpaired) electrons. The Hall–Kier alpha value is -2.80. The van der Waals surface area contributed by atoms with Crippen LogP contribution in [-0.2, 0) is 6.54 Å². The first kappa shape index (κ1) is 19.0. The van der Waals surface area contributed by atoms with E-state index in [1.165, 1.54) is 17.2 Å². The molecule has 1 aromatic heterocycles. The summed E-state index contributed by atoms with van der Waals surface area (Å²) >= 11 is 0. The van der Waals surface area contributed by atoms with E-state index in [0.29, 0.717) is 24.3 Å². The van der Waals surface area contributed by atoms with Crippen molar-refractivity contribution in [1.29, 1.82) is 0 Å². The number of rotatable bonds is 5. The number of nitrogens with zero attached hydrogens (tertiary/aromatic N) is 3. The molecule has 0 saturated carbocycles. The van der Waals surface area contributed by atoms with E-state index >= 15 is 0 Å². The average Bonchev–Trinajstić information content (AvgIpc) is 2.72. The standard InChI is InChI=1S/C20H23FN4O2/c21-17-6-2-3-7-18(17)25(20(27)24-10-4-1-5-11-24)14-16-9-8-15(13-23-16)19(26)12-22/h2-3,6-9,13H,1,4-5,10-12,14,22H2. The zero-order chi connectivity index (χ0) is 19.2. The molecule has 1 aromatic carbocycles. The molecule has 27 heavy (non-hydrogen) atoms. The van der Waals surface area contributed by atoms with Gasteiger partial charge in [0.1, 0.15) is 5.82 Å². The Kier molecular flexibility index (Phi) is 6.13. The Morgan fingerprint density at radius 3 is 2.48 bits per heavy atom. The number of carbonyl (C=O) groups is 2. The largest absolute Gasteiger partial charge is 0.324 e. The zero-order valence-electron chi connectivity index (χ0n) is 15.1. The number of benzene rings is 1. The van der Waals surface area contributed by atoms with E-state index in [0.717, 1.165) is 19.3 Å². The van der Waals surface area contributed by atoms with E-state index in [2.05, 4.69) is 4.98 Å². The number of aromatic nitrogens is 1. The van der Waals surface area contributed by atoms with Gasteiger partial charge in [0.2, 0.25) is 0 Å². The Morgan fingerprint density at radius 1 is 1.11 bits per heavy atom. The highest BCUT2D eigenvalue weighted by atomic mass is 19.1. The number of halogens is 1. The second-order valence-corrected chi connectivity index (χ2v) is 6.53. The molecule has 0 bridgehead atoms. The molecule has 0 aliphatic carbocycles. The normalized spacial score (nSPS) is 14.1. The fourth-order valence-corrected chi connectivity index (χ4v) is 3.15. The fourth-order valence-electron chi connectivity index (χ4n) is 3.15. The summed E-state index contributed by atoms with van der Waals surface area (Å²) in [7, 11) is 0. The lowest BCUT2D eigenvalue weighted by Crippen LogP contribution is -2.45. The van der Waals surface area contributed by atoms with E-state index < -0.39 is 5.82 Å². The SMILES string of the molecule is NCC(=O)c1ccc(CN(C(=O)N2CCCCC2)c2ccccc2F)nc1. The Morgan fingerprint density at radius 2 is 1.85 bits per heavy atom. The summed E-state index contributed by atoms with van der Waals surface area (Å²) in [5.74, 6) is -0.665. The number of nitrogens with two attached hydrogens (primary N) is 1. The Labute approximate surface area is 157 Å². The van der Waals surface area contributed by atoms with E-state index in [-0.39, 0.29) is 30.6 Å². The molecule has 7 heteroatoms. The van der Waals surface area contributed by atoms with Crippen molar-refractivity contribution in [3.05, 3.63) is 59.7 Å². The second kappa shape index (κ2) is 8.73. The van der Waals surface area contributed by atoms with Gasteiger partial charge in [-0.1, -0.05) is 12.1 Å². The van der Waals surface area contributed by atoms with Crippen LogP contribution in [0.2, 0.25) is 0 Å². The van der Waals surface area contributed by atoms with E-state index in [1.807, 2.05) is 0 Å². The van der Waals surface area contributed by atoms with Crippen LogP contribution in [0.25, 0.3) is 0 Å². The highest BCUT2D eigenvalue weighted by molar-refractivity contribution is 5.97. The summed E-state index contributed by atoms with van der Waals surface area (Å²) in [5.41, 5.74) is 6.56. The first-order chi connectivity index (χ1) is 13.1. The van der Waals surface area contributed by atoms with Crippen molar-refractivity contribution in [3.63, 3.8) is 0 Å². The number of urea groups is 1. The van der Waals surface area contributed by atoms with Gasteiger partial charge in [0.25, 0.3) is 0 Å². The highest BCUT2D eigenvalue weighted by Crippen LogP contribution is 2.23. The topological polar surface area (TPSA) is 79.5 Å². The molecule has 0 unspecified atom stereocenters. The molecular weight excluding hydrogens is 347 g/mol. The number of ketones is 1. The molecule has 0 spiro atoms. The molecular formula is C20H23FN4O2. The summed E-state index contributed by atoms with van der Waals surface area (Å²) in [5, 5.41) is 0. The molecule has 2 N–H and O–H groups in total. The molecule has 2 heterocycles. The van der Waals surface area contributed by atoms with Gasteiger partial charge in [-0.2, -0.15) is 0 Å². The Balaban J connectivity index is 1.86. The van der Waals surface area contributed by atoms with Crippen LogP contribution >= 0.6 is 0 Å². The van der Waals surface area contributed by atoms with Crippen molar-refractivity contribution >= 4 is 17.5 Å². The first-order valence-electron chi connectivity index (χ1n) is 9.09. The maximum Gasteiger partial charge on any atom is 0.324 e. The molecule has 2 amide bonds. The average molecular weight is 370 g/mol. The number of likely N-dealkylation sites (tertiary alicyclic amines) is 1. The van der Waals surface area contributed by atoms with E-state index in [4.69, 9.17) is 5.73 Å². The summed E-state index contributed by atoms with van der Waals surface area (Å²) in [6.45, 7) is 1.37. The quantitative estimate of drug-likeness (QED) is 0.821. The molecule has 1 aliphatic heterocycles.